The Bertz CT molecular complexity index is 1430. The van der Waals surface area contributed by atoms with E-state index in [1.54, 1.807) is 19.5 Å². The molecule has 0 radical (unpaired) electrons. The molecule has 1 fully saturated rings. The highest BCUT2D eigenvalue weighted by molar-refractivity contribution is 5.81. The predicted octanol–water partition coefficient (Wildman–Crippen LogP) is 2.85. The van der Waals surface area contributed by atoms with Crippen molar-refractivity contribution >= 4 is 28.5 Å². The number of anilines is 4. The summed E-state index contributed by atoms with van der Waals surface area (Å²) in [7, 11) is 1.67. The molecule has 5 heterocycles. The summed E-state index contributed by atoms with van der Waals surface area (Å²) in [6.07, 6.45) is 7.08. The molecule has 0 aliphatic carbocycles. The van der Waals surface area contributed by atoms with Crippen molar-refractivity contribution in [1.82, 2.24) is 24.3 Å². The molecule has 0 spiro atoms. The maximum Gasteiger partial charge on any atom is 0.237 e. The highest BCUT2D eigenvalue weighted by atomic mass is 16.5. The van der Waals surface area contributed by atoms with Crippen LogP contribution in [-0.4, -0.2) is 88.4 Å². The summed E-state index contributed by atoms with van der Waals surface area (Å²) in [5, 5.41) is 16.7. The van der Waals surface area contributed by atoms with Crippen LogP contribution in [0, 0.1) is 0 Å². The van der Waals surface area contributed by atoms with E-state index < -0.39 is 0 Å². The predicted molar refractivity (Wildman–Crippen MR) is 147 cm³/mol. The van der Waals surface area contributed by atoms with Crippen molar-refractivity contribution in [3.8, 4) is 22.9 Å². The van der Waals surface area contributed by atoms with Crippen molar-refractivity contribution in [2.75, 3.05) is 68.5 Å². The summed E-state index contributed by atoms with van der Waals surface area (Å²) in [6, 6.07) is 8.07. The average Bonchev–Trinajstić information content (AvgIpc) is 3.42. The fourth-order valence-electron chi connectivity index (χ4n) is 5.01. The van der Waals surface area contributed by atoms with E-state index in [2.05, 4.69) is 36.5 Å². The van der Waals surface area contributed by atoms with Crippen molar-refractivity contribution in [3.63, 3.8) is 0 Å². The lowest BCUT2D eigenvalue weighted by Gasteiger charge is -2.37. The van der Waals surface area contributed by atoms with Crippen LogP contribution in [0.2, 0.25) is 0 Å². The second kappa shape index (κ2) is 10.3. The number of nitrogens with zero attached hydrogens (tertiary/aromatic N) is 6. The molecule has 11 nitrogen and oxygen atoms in total. The zero-order chi connectivity index (χ0) is 26.1. The molecular weight excluding hydrogens is 484 g/mol. The van der Waals surface area contributed by atoms with E-state index in [0.717, 1.165) is 72.4 Å². The largest absolute Gasteiger partial charge is 0.497 e. The topological polar surface area (TPSA) is 112 Å². The quantitative estimate of drug-likeness (QED) is 0.339. The van der Waals surface area contributed by atoms with E-state index in [1.807, 2.05) is 41.9 Å². The van der Waals surface area contributed by atoms with Crippen LogP contribution in [0.1, 0.15) is 6.92 Å². The molecule has 0 bridgehead atoms. The fraction of sp³-hybridized carbons (Fsp3) is 0.370. The molecule has 38 heavy (non-hydrogen) atoms. The molecule has 0 amide bonds. The third-order valence-electron chi connectivity index (χ3n) is 6.87. The number of pyridine rings is 1. The number of imidazole rings is 1. The van der Waals surface area contributed by atoms with Crippen LogP contribution in [-0.2, 0) is 0 Å². The number of β-amino-alcohol motifs (C(OH)–C–C–N with tert-alkyl or cyclic N) is 1. The van der Waals surface area contributed by atoms with E-state index in [0.29, 0.717) is 24.8 Å². The molecule has 3 aromatic heterocycles. The molecule has 1 aromatic carbocycles. The molecule has 2 aliphatic rings. The molecule has 2 aliphatic heterocycles. The molecule has 4 aromatic rings. The minimum Gasteiger partial charge on any atom is -0.497 e. The number of hydrogen-bond donors (Lipinski definition) is 3. The molecule has 1 atom stereocenters. The van der Waals surface area contributed by atoms with Gasteiger partial charge < -0.3 is 34.5 Å². The zero-order valence-corrected chi connectivity index (χ0v) is 21.6. The van der Waals surface area contributed by atoms with Gasteiger partial charge in [-0.25, -0.2) is 15.0 Å². The lowest BCUT2D eigenvalue weighted by Crippen LogP contribution is -2.48. The smallest absolute Gasteiger partial charge is 0.237 e. The SMILES string of the molecule is COc1ccc(N2CCN(CC(C)O)CC2)c(Nc2nc(-c3cnc4c(c3)NCCO4)cn3ccnc23)c1. The number of hydrogen-bond acceptors (Lipinski definition) is 10. The molecular formula is C27H32N8O3. The van der Waals surface area contributed by atoms with Gasteiger partial charge in [0.15, 0.2) is 11.5 Å². The monoisotopic (exact) mass is 516 g/mol. The first-order chi connectivity index (χ1) is 18.6. The number of nitrogens with one attached hydrogen (secondary N) is 2. The van der Waals surface area contributed by atoms with Crippen LogP contribution in [0.15, 0.2) is 49.1 Å². The van der Waals surface area contributed by atoms with Crippen LogP contribution in [0.25, 0.3) is 16.9 Å². The molecule has 6 rings (SSSR count). The van der Waals surface area contributed by atoms with Crippen molar-refractivity contribution in [3.05, 3.63) is 49.1 Å². The van der Waals surface area contributed by atoms with Gasteiger partial charge in [-0.3, -0.25) is 4.90 Å². The van der Waals surface area contributed by atoms with Crippen molar-refractivity contribution < 1.29 is 14.6 Å². The second-order valence-electron chi connectivity index (χ2n) is 9.63. The van der Waals surface area contributed by atoms with E-state index in [1.165, 1.54) is 0 Å². The van der Waals surface area contributed by atoms with Crippen molar-refractivity contribution in [1.29, 1.82) is 0 Å². The summed E-state index contributed by atoms with van der Waals surface area (Å²) < 4.78 is 13.2. The van der Waals surface area contributed by atoms with Gasteiger partial charge in [0.1, 0.15) is 12.4 Å². The van der Waals surface area contributed by atoms with Gasteiger partial charge in [-0.1, -0.05) is 0 Å². The number of benzene rings is 1. The van der Waals surface area contributed by atoms with Gasteiger partial charge in [-0.05, 0) is 25.1 Å². The highest BCUT2D eigenvalue weighted by Gasteiger charge is 2.22. The normalized spacial score (nSPS) is 16.4. The van der Waals surface area contributed by atoms with Gasteiger partial charge in [0.2, 0.25) is 5.88 Å². The minimum atomic E-state index is -0.330. The lowest BCUT2D eigenvalue weighted by molar-refractivity contribution is 0.123. The Labute approximate surface area is 221 Å². The van der Waals surface area contributed by atoms with Crippen LogP contribution >= 0.6 is 0 Å². The van der Waals surface area contributed by atoms with E-state index in [-0.39, 0.29) is 6.10 Å². The zero-order valence-electron chi connectivity index (χ0n) is 21.6. The number of methoxy groups -OCH3 is 1. The Balaban J connectivity index is 1.34. The van der Waals surface area contributed by atoms with Crippen LogP contribution in [0.5, 0.6) is 11.6 Å². The maximum absolute atomic E-state index is 9.78. The number of aliphatic hydroxyl groups excluding tert-OH is 1. The van der Waals surface area contributed by atoms with Crippen molar-refractivity contribution in [2.45, 2.75) is 13.0 Å². The van der Waals surface area contributed by atoms with Gasteiger partial charge in [0.05, 0.1) is 36.0 Å². The van der Waals surface area contributed by atoms with Crippen LogP contribution < -0.4 is 25.0 Å². The minimum absolute atomic E-state index is 0.330. The summed E-state index contributed by atoms with van der Waals surface area (Å²) >= 11 is 0. The standard InChI is InChI=1S/C27H32N8O3/c1-18(36)16-33-8-10-34(11-9-33)24-4-3-20(37-2)14-21(24)31-25-26-29-5-7-35(26)17-23(32-25)19-13-22-27(30-15-19)38-12-6-28-22/h3-5,7,13-15,17-18,28,36H,6,8-12,16H2,1-2H3,(H,31,32). The Morgan fingerprint density at radius 1 is 1.18 bits per heavy atom. The average molecular weight is 517 g/mol. The molecule has 198 valence electrons. The number of rotatable bonds is 7. The number of fused-ring (bicyclic) bond motifs is 2. The lowest BCUT2D eigenvalue weighted by atomic mass is 10.2. The first kappa shape index (κ1) is 24.3. The first-order valence-corrected chi connectivity index (χ1v) is 12.9. The van der Waals surface area contributed by atoms with E-state index in [9.17, 15) is 5.11 Å². The third-order valence-corrected chi connectivity index (χ3v) is 6.87. The highest BCUT2D eigenvalue weighted by Crippen LogP contribution is 2.35. The number of aliphatic hydroxyl groups is 1. The Kier molecular flexibility index (Phi) is 6.61. The second-order valence-corrected chi connectivity index (χ2v) is 9.63. The Morgan fingerprint density at radius 2 is 2.05 bits per heavy atom. The number of aromatic nitrogens is 4. The molecule has 1 saturated heterocycles. The van der Waals surface area contributed by atoms with E-state index >= 15 is 0 Å². The van der Waals surface area contributed by atoms with Gasteiger partial charge in [-0.2, -0.15) is 0 Å². The molecule has 3 N–H and O–H groups in total. The number of ether oxygens (including phenoxy) is 2. The molecule has 11 heteroatoms. The van der Waals surface area contributed by atoms with E-state index in [4.69, 9.17) is 14.5 Å². The van der Waals surface area contributed by atoms with Crippen molar-refractivity contribution in [2.24, 2.45) is 0 Å². The molecule has 0 saturated carbocycles. The fourth-order valence-corrected chi connectivity index (χ4v) is 5.01. The summed E-state index contributed by atoms with van der Waals surface area (Å²) in [5.41, 5.74) is 5.17. The molecule has 1 unspecified atom stereocenters. The summed E-state index contributed by atoms with van der Waals surface area (Å²) in [4.78, 5) is 18.7. The van der Waals surface area contributed by atoms with Gasteiger partial charge in [-0.15, -0.1) is 0 Å². The Morgan fingerprint density at radius 3 is 2.87 bits per heavy atom. The van der Waals surface area contributed by atoms with Crippen LogP contribution in [0.3, 0.4) is 0 Å². The van der Waals surface area contributed by atoms with Crippen LogP contribution in [0.4, 0.5) is 22.9 Å². The van der Waals surface area contributed by atoms with Gasteiger partial charge in [0.25, 0.3) is 0 Å². The summed E-state index contributed by atoms with van der Waals surface area (Å²) in [5.74, 6) is 2.00. The Hall–Kier alpha value is -4.09. The van der Waals surface area contributed by atoms with Gasteiger partial charge in [0, 0.05) is 75.7 Å². The maximum atomic E-state index is 9.78. The first-order valence-electron chi connectivity index (χ1n) is 12.9. The van der Waals surface area contributed by atoms with Gasteiger partial charge >= 0.3 is 0 Å². The number of piperazine rings is 1. The third kappa shape index (κ3) is 4.90. The summed E-state index contributed by atoms with van der Waals surface area (Å²) in [6.45, 7) is 7.35.